The normalized spacial score (nSPS) is 23.3. The van der Waals surface area contributed by atoms with Crippen LogP contribution in [0.1, 0.15) is 57.1 Å². The fourth-order valence-electron chi connectivity index (χ4n) is 3.53. The quantitative estimate of drug-likeness (QED) is 0.763. The number of benzene rings is 1. The molecule has 0 bridgehead atoms. The van der Waals surface area contributed by atoms with E-state index >= 15 is 0 Å². The lowest BCUT2D eigenvalue weighted by Crippen LogP contribution is -2.33. The summed E-state index contributed by atoms with van der Waals surface area (Å²) in [6.45, 7) is 7.63. The average molecular weight is 291 g/mol. The van der Waals surface area contributed by atoms with Crippen LogP contribution in [0.15, 0.2) is 18.2 Å². The van der Waals surface area contributed by atoms with E-state index < -0.39 is 0 Å². The molecule has 0 aliphatic heterocycles. The zero-order valence-corrected chi connectivity index (χ0v) is 13.8. The van der Waals surface area contributed by atoms with E-state index in [1.54, 1.807) is 12.1 Å². The highest BCUT2D eigenvalue weighted by Crippen LogP contribution is 2.32. The van der Waals surface area contributed by atoms with Crippen molar-refractivity contribution < 1.29 is 4.39 Å². The molecule has 0 saturated heterocycles. The minimum absolute atomic E-state index is 0.0962. The standard InChI is InChI=1S/C19H30FN/c1-14(2)21-13-17-8-6-4-5-7-16(17)11-18-12-19(20)10-9-15(18)3/h9-10,12,14,16-17,21H,4-8,11,13H2,1-3H3. The molecular weight excluding hydrogens is 261 g/mol. The molecule has 0 heterocycles. The second kappa shape index (κ2) is 7.93. The Bertz CT molecular complexity index is 441. The minimum atomic E-state index is -0.0962. The number of rotatable bonds is 5. The average Bonchev–Trinajstić information content (AvgIpc) is 2.66. The minimum Gasteiger partial charge on any atom is -0.314 e. The van der Waals surface area contributed by atoms with Crippen LogP contribution in [0.4, 0.5) is 4.39 Å². The third-order valence-electron chi connectivity index (χ3n) is 4.90. The molecule has 1 aromatic carbocycles. The van der Waals surface area contributed by atoms with Crippen LogP contribution in [0.25, 0.3) is 0 Å². The van der Waals surface area contributed by atoms with E-state index in [0.717, 1.165) is 18.9 Å². The Morgan fingerprint density at radius 2 is 1.86 bits per heavy atom. The summed E-state index contributed by atoms with van der Waals surface area (Å²) in [6, 6.07) is 5.78. The van der Waals surface area contributed by atoms with Gasteiger partial charge in [-0.15, -0.1) is 0 Å². The van der Waals surface area contributed by atoms with Crippen molar-refractivity contribution in [1.82, 2.24) is 5.32 Å². The lowest BCUT2D eigenvalue weighted by molar-refractivity contribution is 0.290. The summed E-state index contributed by atoms with van der Waals surface area (Å²) in [6.07, 6.45) is 7.68. The van der Waals surface area contributed by atoms with Crippen molar-refractivity contribution in [1.29, 1.82) is 0 Å². The van der Waals surface area contributed by atoms with Gasteiger partial charge in [-0.1, -0.05) is 39.2 Å². The predicted octanol–water partition coefficient (Wildman–Crippen LogP) is 4.87. The molecule has 1 aliphatic carbocycles. The molecule has 0 spiro atoms. The highest BCUT2D eigenvalue weighted by atomic mass is 19.1. The summed E-state index contributed by atoms with van der Waals surface area (Å²) in [5.74, 6) is 1.33. The summed E-state index contributed by atoms with van der Waals surface area (Å²) in [4.78, 5) is 0. The zero-order valence-electron chi connectivity index (χ0n) is 13.8. The van der Waals surface area contributed by atoms with Crippen molar-refractivity contribution in [3.8, 4) is 0 Å². The third kappa shape index (κ3) is 5.10. The number of hydrogen-bond acceptors (Lipinski definition) is 1. The smallest absolute Gasteiger partial charge is 0.123 e. The van der Waals surface area contributed by atoms with Crippen LogP contribution < -0.4 is 5.32 Å². The number of nitrogens with one attached hydrogen (secondary N) is 1. The van der Waals surface area contributed by atoms with Gasteiger partial charge in [0.05, 0.1) is 0 Å². The Kier molecular flexibility index (Phi) is 6.22. The van der Waals surface area contributed by atoms with Crippen molar-refractivity contribution in [2.24, 2.45) is 11.8 Å². The molecule has 1 fully saturated rings. The molecule has 0 radical (unpaired) electrons. The van der Waals surface area contributed by atoms with Crippen molar-refractivity contribution in [2.45, 2.75) is 65.3 Å². The molecule has 0 amide bonds. The monoisotopic (exact) mass is 291 g/mol. The molecule has 21 heavy (non-hydrogen) atoms. The van der Waals surface area contributed by atoms with Crippen LogP contribution in [0.3, 0.4) is 0 Å². The molecule has 1 N–H and O–H groups in total. The van der Waals surface area contributed by atoms with Gasteiger partial charge in [0, 0.05) is 6.04 Å². The van der Waals surface area contributed by atoms with Gasteiger partial charge in [0.15, 0.2) is 0 Å². The maximum Gasteiger partial charge on any atom is 0.123 e. The van der Waals surface area contributed by atoms with Gasteiger partial charge in [0.2, 0.25) is 0 Å². The largest absolute Gasteiger partial charge is 0.314 e. The van der Waals surface area contributed by atoms with E-state index in [1.165, 1.54) is 43.2 Å². The number of aryl methyl sites for hydroxylation is 1. The molecule has 0 aromatic heterocycles. The molecule has 1 saturated carbocycles. The molecule has 2 heteroatoms. The predicted molar refractivity (Wildman–Crippen MR) is 88.0 cm³/mol. The first-order chi connectivity index (χ1) is 10.1. The lowest BCUT2D eigenvalue weighted by Gasteiger charge is -2.27. The van der Waals surface area contributed by atoms with E-state index in [0.29, 0.717) is 12.0 Å². The Labute approximate surface area is 129 Å². The van der Waals surface area contributed by atoms with Crippen LogP contribution in [0.5, 0.6) is 0 Å². The fourth-order valence-corrected chi connectivity index (χ4v) is 3.53. The van der Waals surface area contributed by atoms with Gasteiger partial charge in [-0.05, 0) is 67.8 Å². The van der Waals surface area contributed by atoms with Crippen LogP contribution in [-0.4, -0.2) is 12.6 Å². The van der Waals surface area contributed by atoms with Crippen LogP contribution >= 0.6 is 0 Å². The molecule has 118 valence electrons. The molecule has 1 nitrogen and oxygen atoms in total. The van der Waals surface area contributed by atoms with Crippen LogP contribution in [-0.2, 0) is 6.42 Å². The summed E-state index contributed by atoms with van der Waals surface area (Å²) >= 11 is 0. The van der Waals surface area contributed by atoms with Crippen LogP contribution in [0.2, 0.25) is 0 Å². The zero-order chi connectivity index (χ0) is 15.2. The van der Waals surface area contributed by atoms with E-state index in [9.17, 15) is 4.39 Å². The maximum atomic E-state index is 13.5. The van der Waals surface area contributed by atoms with Crippen molar-refractivity contribution in [3.63, 3.8) is 0 Å². The highest BCUT2D eigenvalue weighted by Gasteiger charge is 2.24. The lowest BCUT2D eigenvalue weighted by atomic mass is 9.82. The Morgan fingerprint density at radius 1 is 1.14 bits per heavy atom. The fraction of sp³-hybridized carbons (Fsp3) is 0.684. The first-order valence-electron chi connectivity index (χ1n) is 8.54. The summed E-state index contributed by atoms with van der Waals surface area (Å²) in [7, 11) is 0. The van der Waals surface area contributed by atoms with Gasteiger partial charge in [0.1, 0.15) is 5.82 Å². The summed E-state index contributed by atoms with van der Waals surface area (Å²) < 4.78 is 13.5. The molecule has 1 aliphatic rings. The summed E-state index contributed by atoms with van der Waals surface area (Å²) in [5, 5.41) is 3.61. The second-order valence-corrected chi connectivity index (χ2v) is 7.00. The van der Waals surface area contributed by atoms with E-state index in [2.05, 4.69) is 26.1 Å². The summed E-state index contributed by atoms with van der Waals surface area (Å²) in [5.41, 5.74) is 2.44. The first kappa shape index (κ1) is 16.5. The number of hydrogen-bond donors (Lipinski definition) is 1. The molecule has 1 aromatic rings. The maximum absolute atomic E-state index is 13.5. The second-order valence-electron chi connectivity index (χ2n) is 7.00. The Hall–Kier alpha value is -0.890. The Morgan fingerprint density at radius 3 is 2.57 bits per heavy atom. The first-order valence-corrected chi connectivity index (χ1v) is 8.54. The number of halogens is 1. The van der Waals surface area contributed by atoms with Crippen molar-refractivity contribution >= 4 is 0 Å². The van der Waals surface area contributed by atoms with Gasteiger partial charge in [-0.2, -0.15) is 0 Å². The molecule has 2 atom stereocenters. The van der Waals surface area contributed by atoms with Crippen molar-refractivity contribution in [3.05, 3.63) is 35.1 Å². The van der Waals surface area contributed by atoms with E-state index in [-0.39, 0.29) is 5.82 Å². The SMILES string of the molecule is Cc1ccc(F)cc1CC1CCCCCC1CNC(C)C. The topological polar surface area (TPSA) is 12.0 Å². The van der Waals surface area contributed by atoms with E-state index in [1.807, 2.05) is 6.07 Å². The van der Waals surface area contributed by atoms with Crippen LogP contribution in [0, 0.1) is 24.6 Å². The van der Waals surface area contributed by atoms with Gasteiger partial charge in [-0.25, -0.2) is 4.39 Å². The van der Waals surface area contributed by atoms with Gasteiger partial charge < -0.3 is 5.32 Å². The van der Waals surface area contributed by atoms with Gasteiger partial charge >= 0.3 is 0 Å². The van der Waals surface area contributed by atoms with E-state index in [4.69, 9.17) is 0 Å². The third-order valence-corrected chi connectivity index (χ3v) is 4.90. The van der Waals surface area contributed by atoms with Gasteiger partial charge in [0.25, 0.3) is 0 Å². The molecule has 2 unspecified atom stereocenters. The molecule has 2 rings (SSSR count). The molecular formula is C19H30FN. The van der Waals surface area contributed by atoms with Crippen molar-refractivity contribution in [2.75, 3.05) is 6.54 Å². The van der Waals surface area contributed by atoms with Gasteiger partial charge in [-0.3, -0.25) is 0 Å². The Balaban J connectivity index is 2.07. The highest BCUT2D eigenvalue weighted by molar-refractivity contribution is 5.27.